The van der Waals surface area contributed by atoms with Crippen LogP contribution in [0.15, 0.2) is 0 Å². The predicted octanol–water partition coefficient (Wildman–Crippen LogP) is 0.0905. The monoisotopic (exact) mass is 457 g/mol. The van der Waals surface area contributed by atoms with Crippen LogP contribution >= 0.6 is 11.8 Å². The molecule has 0 aliphatic carbocycles. The molecule has 3 atom stereocenters. The Hall–Kier alpha value is -2.23. The van der Waals surface area contributed by atoms with Gasteiger partial charge in [0.2, 0.25) is 11.8 Å². The standard InChI is InChI=1S/C13H17F6N3O6S/c14-11(12(15,16)17)13(18,19)29-4-6(9(26)21-3-8(24)25)22-7(23)2-1-5(20)10(27)28/h5-6,11H,1-4,20H2,(H,21,26)(H,22,23)(H,24,25)(H,27,28)/t5-,6-,11?/m0/s1. The van der Waals surface area contributed by atoms with Crippen LogP contribution in [0.5, 0.6) is 0 Å². The molecule has 6 N–H and O–H groups in total. The van der Waals surface area contributed by atoms with Gasteiger partial charge in [0.1, 0.15) is 18.6 Å². The Labute approximate surface area is 163 Å². The second-order valence-electron chi connectivity index (χ2n) is 5.49. The largest absolute Gasteiger partial charge is 0.480 e. The van der Waals surface area contributed by atoms with Crippen molar-refractivity contribution in [3.05, 3.63) is 0 Å². The van der Waals surface area contributed by atoms with Crippen molar-refractivity contribution in [2.24, 2.45) is 5.73 Å². The summed E-state index contributed by atoms with van der Waals surface area (Å²) in [7, 11) is 0. The van der Waals surface area contributed by atoms with Gasteiger partial charge in [-0.2, -0.15) is 22.0 Å². The van der Waals surface area contributed by atoms with E-state index in [0.29, 0.717) is 0 Å². The molecule has 0 radical (unpaired) electrons. The molecular weight excluding hydrogens is 440 g/mol. The summed E-state index contributed by atoms with van der Waals surface area (Å²) >= 11 is -0.914. The number of nitrogens with two attached hydrogens (primary N) is 1. The zero-order chi connectivity index (χ0) is 23.0. The quantitative estimate of drug-likeness (QED) is 0.258. The van der Waals surface area contributed by atoms with Gasteiger partial charge < -0.3 is 26.6 Å². The number of hydrogen-bond donors (Lipinski definition) is 5. The molecule has 9 nitrogen and oxygen atoms in total. The van der Waals surface area contributed by atoms with Gasteiger partial charge in [0.25, 0.3) is 6.17 Å². The maximum absolute atomic E-state index is 13.4. The Bertz CT molecular complexity index is 620. The molecule has 2 amide bonds. The molecule has 0 saturated carbocycles. The Morgan fingerprint density at radius 1 is 1.07 bits per heavy atom. The molecule has 1 unspecified atom stereocenters. The van der Waals surface area contributed by atoms with Crippen LogP contribution in [-0.4, -0.2) is 75.9 Å². The fraction of sp³-hybridized carbons (Fsp3) is 0.692. The molecule has 168 valence electrons. The second kappa shape index (κ2) is 11.1. The van der Waals surface area contributed by atoms with Crippen LogP contribution < -0.4 is 16.4 Å². The van der Waals surface area contributed by atoms with Crippen molar-refractivity contribution >= 4 is 35.5 Å². The first-order valence-electron chi connectivity index (χ1n) is 7.57. The zero-order valence-electron chi connectivity index (χ0n) is 14.3. The lowest BCUT2D eigenvalue weighted by molar-refractivity contribution is -0.219. The number of halogens is 6. The number of carboxylic acids is 2. The van der Waals surface area contributed by atoms with E-state index in [2.05, 4.69) is 0 Å². The smallest absolute Gasteiger partial charge is 0.426 e. The summed E-state index contributed by atoms with van der Waals surface area (Å²) in [6.45, 7) is -0.996. The Morgan fingerprint density at radius 3 is 2.07 bits per heavy atom. The molecule has 0 aromatic carbocycles. The van der Waals surface area contributed by atoms with Gasteiger partial charge in [-0.05, 0) is 6.42 Å². The van der Waals surface area contributed by atoms with Crippen molar-refractivity contribution in [3.63, 3.8) is 0 Å². The number of carboxylic acid groups (broad SMARTS) is 2. The molecule has 0 rings (SSSR count). The zero-order valence-corrected chi connectivity index (χ0v) is 15.2. The lowest BCUT2D eigenvalue weighted by atomic mass is 10.1. The lowest BCUT2D eigenvalue weighted by Crippen LogP contribution is -2.50. The van der Waals surface area contributed by atoms with Crippen molar-refractivity contribution in [1.82, 2.24) is 10.6 Å². The molecule has 16 heteroatoms. The summed E-state index contributed by atoms with van der Waals surface area (Å²) in [5.41, 5.74) is 5.15. The molecule has 0 aromatic rings. The highest BCUT2D eigenvalue weighted by molar-refractivity contribution is 8.00. The third kappa shape index (κ3) is 10.2. The summed E-state index contributed by atoms with van der Waals surface area (Å²) in [4.78, 5) is 44.6. The third-order valence-corrected chi connectivity index (χ3v) is 4.18. The molecule has 0 bridgehead atoms. The van der Waals surface area contributed by atoms with Gasteiger partial charge in [-0.25, -0.2) is 4.39 Å². The second-order valence-corrected chi connectivity index (χ2v) is 6.66. The van der Waals surface area contributed by atoms with Gasteiger partial charge in [-0.1, -0.05) is 11.8 Å². The molecule has 0 fully saturated rings. The number of alkyl halides is 6. The Balaban J connectivity index is 5.10. The summed E-state index contributed by atoms with van der Waals surface area (Å²) in [5.74, 6) is -6.66. The van der Waals surface area contributed by atoms with Gasteiger partial charge >= 0.3 is 23.4 Å². The average molecular weight is 457 g/mol. The molecule has 0 aliphatic rings. The van der Waals surface area contributed by atoms with Crippen molar-refractivity contribution in [3.8, 4) is 0 Å². The summed E-state index contributed by atoms with van der Waals surface area (Å²) in [5, 5.41) is 15.6. The number of amides is 2. The molecule has 0 aromatic heterocycles. The van der Waals surface area contributed by atoms with Crippen molar-refractivity contribution in [1.29, 1.82) is 0 Å². The molecular formula is C13H17F6N3O6S. The highest BCUT2D eigenvalue weighted by Crippen LogP contribution is 2.42. The van der Waals surface area contributed by atoms with Crippen LogP contribution in [0, 0.1) is 0 Å². The van der Waals surface area contributed by atoms with Crippen LogP contribution in [0.3, 0.4) is 0 Å². The van der Waals surface area contributed by atoms with Crippen LogP contribution in [0.2, 0.25) is 0 Å². The number of carbonyl (C=O) groups excluding carboxylic acids is 2. The molecule has 0 spiro atoms. The number of carbonyl (C=O) groups is 4. The minimum atomic E-state index is -5.88. The van der Waals surface area contributed by atoms with Gasteiger partial charge in [0.15, 0.2) is 0 Å². The maximum Gasteiger partial charge on any atom is 0.426 e. The van der Waals surface area contributed by atoms with Gasteiger partial charge in [-0.15, -0.1) is 0 Å². The molecule has 0 heterocycles. The Kier molecular flexibility index (Phi) is 10.2. The average Bonchev–Trinajstić information content (AvgIpc) is 2.59. The fourth-order valence-corrected chi connectivity index (χ4v) is 2.51. The Morgan fingerprint density at radius 2 is 1.62 bits per heavy atom. The van der Waals surface area contributed by atoms with Crippen LogP contribution in [0.25, 0.3) is 0 Å². The van der Waals surface area contributed by atoms with E-state index in [1.165, 1.54) is 0 Å². The normalized spacial score (nSPS) is 15.1. The van der Waals surface area contributed by atoms with E-state index < -0.39 is 90.3 Å². The number of thioether (sulfide) groups is 1. The van der Waals surface area contributed by atoms with E-state index in [4.69, 9.17) is 15.9 Å². The minimum absolute atomic E-state index is 0.422. The summed E-state index contributed by atoms with van der Waals surface area (Å²) in [6.07, 6.45) is -11.4. The maximum atomic E-state index is 13.4. The van der Waals surface area contributed by atoms with Gasteiger partial charge in [-0.3, -0.25) is 19.2 Å². The number of nitrogens with one attached hydrogen (secondary N) is 2. The fourth-order valence-electron chi connectivity index (χ4n) is 1.60. The first-order chi connectivity index (χ1) is 13.1. The van der Waals surface area contributed by atoms with Gasteiger partial charge in [0.05, 0.1) is 0 Å². The van der Waals surface area contributed by atoms with E-state index in [1.54, 1.807) is 5.32 Å². The van der Waals surface area contributed by atoms with E-state index in [0.717, 1.165) is 0 Å². The number of aliphatic carboxylic acids is 2. The van der Waals surface area contributed by atoms with Crippen molar-refractivity contribution < 1.29 is 55.7 Å². The first-order valence-corrected chi connectivity index (χ1v) is 8.56. The number of rotatable bonds is 12. The van der Waals surface area contributed by atoms with Gasteiger partial charge in [0, 0.05) is 12.2 Å². The topological polar surface area (TPSA) is 159 Å². The van der Waals surface area contributed by atoms with Crippen molar-refractivity contribution in [2.45, 2.75) is 42.5 Å². The SMILES string of the molecule is N[C@@H](CCC(=O)N[C@@H](CSC(F)(F)C(F)C(F)(F)F)C(=O)NCC(=O)O)C(=O)O. The van der Waals surface area contributed by atoms with E-state index >= 15 is 0 Å². The molecule has 29 heavy (non-hydrogen) atoms. The minimum Gasteiger partial charge on any atom is -0.480 e. The summed E-state index contributed by atoms with van der Waals surface area (Å²) < 4.78 is 76.1. The predicted molar refractivity (Wildman–Crippen MR) is 85.8 cm³/mol. The van der Waals surface area contributed by atoms with Crippen LogP contribution in [-0.2, 0) is 19.2 Å². The van der Waals surface area contributed by atoms with E-state index in [9.17, 15) is 45.5 Å². The summed E-state index contributed by atoms with van der Waals surface area (Å²) in [6, 6.07) is -3.42. The van der Waals surface area contributed by atoms with Crippen molar-refractivity contribution in [2.75, 3.05) is 12.3 Å². The van der Waals surface area contributed by atoms with Crippen LogP contribution in [0.1, 0.15) is 12.8 Å². The first kappa shape index (κ1) is 26.8. The van der Waals surface area contributed by atoms with E-state index in [-0.39, 0.29) is 0 Å². The highest BCUT2D eigenvalue weighted by Gasteiger charge is 2.57. The lowest BCUT2D eigenvalue weighted by Gasteiger charge is -2.24. The third-order valence-electron chi connectivity index (χ3n) is 3.09. The highest BCUT2D eigenvalue weighted by atomic mass is 32.2. The number of hydrogen-bond acceptors (Lipinski definition) is 6. The molecule has 0 aliphatic heterocycles. The van der Waals surface area contributed by atoms with Crippen LogP contribution in [0.4, 0.5) is 26.3 Å². The van der Waals surface area contributed by atoms with E-state index in [1.807, 2.05) is 5.32 Å². The molecule has 0 saturated heterocycles.